The zero-order chi connectivity index (χ0) is 23.4. The summed E-state index contributed by atoms with van der Waals surface area (Å²) >= 11 is 0. The zero-order valence-corrected chi connectivity index (χ0v) is 18.9. The van der Waals surface area contributed by atoms with Gasteiger partial charge in [-0.3, -0.25) is 4.79 Å². The highest BCUT2D eigenvalue weighted by Crippen LogP contribution is 2.27. The molecule has 1 N–H and O–H groups in total. The molecule has 0 unspecified atom stereocenters. The van der Waals surface area contributed by atoms with Crippen LogP contribution in [0.5, 0.6) is 0 Å². The molecule has 0 aliphatic carbocycles. The SMILES string of the molecule is C[C@@H](OC(=O)c1ccc(S(=O)(=O)NCc2ccco2)cc1)C(=O)N1CCCc2ccccc21. The molecule has 9 heteroatoms. The van der Waals surface area contributed by atoms with E-state index in [9.17, 15) is 18.0 Å². The number of esters is 1. The van der Waals surface area contributed by atoms with E-state index in [0.29, 0.717) is 12.3 Å². The summed E-state index contributed by atoms with van der Waals surface area (Å²) in [6, 6.07) is 16.4. The Labute approximate surface area is 192 Å². The van der Waals surface area contributed by atoms with Crippen molar-refractivity contribution in [2.24, 2.45) is 0 Å². The lowest BCUT2D eigenvalue weighted by Gasteiger charge is -2.31. The van der Waals surface area contributed by atoms with Crippen LogP contribution in [0.4, 0.5) is 5.69 Å². The number of para-hydroxylation sites is 1. The number of carbonyl (C=O) groups is 2. The lowest BCUT2D eigenvalue weighted by Crippen LogP contribution is -2.42. The van der Waals surface area contributed by atoms with E-state index in [1.54, 1.807) is 17.0 Å². The fourth-order valence-corrected chi connectivity index (χ4v) is 4.69. The van der Waals surface area contributed by atoms with Gasteiger partial charge >= 0.3 is 5.97 Å². The summed E-state index contributed by atoms with van der Waals surface area (Å²) in [6.45, 7) is 2.11. The van der Waals surface area contributed by atoms with Crippen molar-refractivity contribution in [2.45, 2.75) is 37.3 Å². The molecule has 1 atom stereocenters. The van der Waals surface area contributed by atoms with Gasteiger partial charge in [-0.2, -0.15) is 0 Å². The molecule has 0 saturated heterocycles. The van der Waals surface area contributed by atoms with Gasteiger partial charge in [-0.05, 0) is 67.8 Å². The molecule has 172 valence electrons. The van der Waals surface area contributed by atoms with Crippen LogP contribution >= 0.6 is 0 Å². The second-order valence-electron chi connectivity index (χ2n) is 7.70. The van der Waals surface area contributed by atoms with Crippen molar-refractivity contribution in [2.75, 3.05) is 11.4 Å². The Bertz CT molecular complexity index is 1240. The van der Waals surface area contributed by atoms with Crippen molar-refractivity contribution in [3.05, 3.63) is 83.8 Å². The molecule has 0 saturated carbocycles. The number of ether oxygens (including phenoxy) is 1. The van der Waals surface area contributed by atoms with E-state index in [1.807, 2.05) is 24.3 Å². The number of nitrogens with zero attached hydrogens (tertiary/aromatic N) is 1. The Morgan fingerprint density at radius 2 is 1.85 bits per heavy atom. The molecule has 1 aliphatic heterocycles. The van der Waals surface area contributed by atoms with Gasteiger partial charge in [-0.15, -0.1) is 0 Å². The van der Waals surface area contributed by atoms with Crippen LogP contribution in [0.2, 0.25) is 0 Å². The van der Waals surface area contributed by atoms with E-state index in [4.69, 9.17) is 9.15 Å². The van der Waals surface area contributed by atoms with Gasteiger partial charge in [0.1, 0.15) is 5.76 Å². The topological polar surface area (TPSA) is 106 Å². The molecule has 4 rings (SSSR count). The lowest BCUT2D eigenvalue weighted by molar-refractivity contribution is -0.126. The number of fused-ring (bicyclic) bond motifs is 1. The number of hydrogen-bond acceptors (Lipinski definition) is 6. The van der Waals surface area contributed by atoms with E-state index in [2.05, 4.69) is 4.72 Å². The van der Waals surface area contributed by atoms with E-state index in [0.717, 1.165) is 24.1 Å². The summed E-state index contributed by atoms with van der Waals surface area (Å²) in [6.07, 6.45) is 2.22. The minimum Gasteiger partial charge on any atom is -0.468 e. The van der Waals surface area contributed by atoms with E-state index in [1.165, 1.54) is 37.5 Å². The molecule has 1 aliphatic rings. The standard InChI is InChI=1S/C24H24N2O6S/c1-17(23(27)26-14-4-7-18-6-2-3-9-22(18)26)32-24(28)19-10-12-21(13-11-19)33(29,30)25-16-20-8-5-15-31-20/h2-3,5-6,8-13,15,17,25H,4,7,14,16H2,1H3/t17-/m1/s1. The Hall–Kier alpha value is -3.43. The molecule has 0 bridgehead atoms. The van der Waals surface area contributed by atoms with Gasteiger partial charge in [0, 0.05) is 12.2 Å². The van der Waals surface area contributed by atoms with Crippen molar-refractivity contribution < 1.29 is 27.2 Å². The molecular formula is C24H24N2O6S. The van der Waals surface area contributed by atoms with Gasteiger partial charge in [0.25, 0.3) is 5.91 Å². The number of nitrogens with one attached hydrogen (secondary N) is 1. The maximum Gasteiger partial charge on any atom is 0.338 e. The van der Waals surface area contributed by atoms with Gasteiger partial charge in [0.05, 0.1) is 23.3 Å². The Kier molecular flexibility index (Phi) is 6.62. The highest BCUT2D eigenvalue weighted by atomic mass is 32.2. The van der Waals surface area contributed by atoms with Crippen molar-refractivity contribution in [3.63, 3.8) is 0 Å². The van der Waals surface area contributed by atoms with Crippen LogP contribution in [0.3, 0.4) is 0 Å². The van der Waals surface area contributed by atoms with E-state index >= 15 is 0 Å². The summed E-state index contributed by atoms with van der Waals surface area (Å²) in [4.78, 5) is 27.1. The fourth-order valence-electron chi connectivity index (χ4n) is 3.69. The van der Waals surface area contributed by atoms with Gasteiger partial charge in [-0.25, -0.2) is 17.9 Å². The minimum atomic E-state index is -3.78. The van der Waals surface area contributed by atoms with Crippen LogP contribution in [0.15, 0.2) is 76.2 Å². The third-order valence-electron chi connectivity index (χ3n) is 5.42. The van der Waals surface area contributed by atoms with Crippen LogP contribution in [0.1, 0.15) is 35.0 Å². The first-order valence-electron chi connectivity index (χ1n) is 10.6. The molecule has 1 aromatic heterocycles. The number of sulfonamides is 1. The molecule has 0 fully saturated rings. The van der Waals surface area contributed by atoms with Gasteiger partial charge in [0.15, 0.2) is 6.10 Å². The van der Waals surface area contributed by atoms with E-state index < -0.39 is 22.1 Å². The van der Waals surface area contributed by atoms with Crippen molar-refractivity contribution in [1.29, 1.82) is 0 Å². The van der Waals surface area contributed by atoms with Crippen molar-refractivity contribution in [1.82, 2.24) is 4.72 Å². The highest BCUT2D eigenvalue weighted by Gasteiger charge is 2.28. The Morgan fingerprint density at radius 1 is 1.09 bits per heavy atom. The predicted octanol–water partition coefficient (Wildman–Crippen LogP) is 3.28. The van der Waals surface area contributed by atoms with Crippen LogP contribution < -0.4 is 9.62 Å². The van der Waals surface area contributed by atoms with E-state index in [-0.39, 0.29) is 22.9 Å². The first kappa shape index (κ1) is 22.8. The normalized spacial score (nSPS) is 14.4. The van der Waals surface area contributed by atoms with Crippen LogP contribution in [0, 0.1) is 0 Å². The average molecular weight is 469 g/mol. The number of furan rings is 1. The Morgan fingerprint density at radius 3 is 2.58 bits per heavy atom. The lowest BCUT2D eigenvalue weighted by atomic mass is 10.0. The fraction of sp³-hybridized carbons (Fsp3) is 0.250. The summed E-state index contributed by atoms with van der Waals surface area (Å²) in [5.74, 6) is -0.515. The maximum atomic E-state index is 12.9. The van der Waals surface area contributed by atoms with Crippen LogP contribution in [-0.4, -0.2) is 32.9 Å². The number of hydrogen-bond donors (Lipinski definition) is 1. The second-order valence-corrected chi connectivity index (χ2v) is 9.46. The molecule has 1 amide bonds. The van der Waals surface area contributed by atoms with Crippen LogP contribution in [-0.2, 0) is 32.5 Å². The minimum absolute atomic E-state index is 0.000320. The Balaban J connectivity index is 1.39. The number of carbonyl (C=O) groups excluding carboxylic acids is 2. The summed E-state index contributed by atoms with van der Waals surface area (Å²) in [7, 11) is -3.78. The number of anilines is 1. The molecule has 0 spiro atoms. The third-order valence-corrected chi connectivity index (χ3v) is 6.84. The highest BCUT2D eigenvalue weighted by molar-refractivity contribution is 7.89. The largest absolute Gasteiger partial charge is 0.468 e. The second kappa shape index (κ2) is 9.60. The molecule has 0 radical (unpaired) electrons. The maximum absolute atomic E-state index is 12.9. The van der Waals surface area contributed by atoms with Gasteiger partial charge in [-0.1, -0.05) is 18.2 Å². The number of aryl methyl sites for hydroxylation is 1. The quantitative estimate of drug-likeness (QED) is 0.534. The van der Waals surface area contributed by atoms with Gasteiger partial charge < -0.3 is 14.1 Å². The number of benzene rings is 2. The van der Waals surface area contributed by atoms with Crippen molar-refractivity contribution >= 4 is 27.6 Å². The number of rotatable bonds is 7. The molecule has 8 nitrogen and oxygen atoms in total. The average Bonchev–Trinajstić information content (AvgIpc) is 3.36. The number of amides is 1. The molecule has 2 heterocycles. The molecule has 33 heavy (non-hydrogen) atoms. The van der Waals surface area contributed by atoms with Gasteiger partial charge in [0.2, 0.25) is 10.0 Å². The summed E-state index contributed by atoms with van der Waals surface area (Å²) < 4.78 is 37.8. The van der Waals surface area contributed by atoms with Crippen molar-refractivity contribution in [3.8, 4) is 0 Å². The summed E-state index contributed by atoms with van der Waals surface area (Å²) in [5, 5.41) is 0. The van der Waals surface area contributed by atoms with Crippen LogP contribution in [0.25, 0.3) is 0 Å². The first-order chi connectivity index (χ1) is 15.8. The molecular weight excluding hydrogens is 444 g/mol. The zero-order valence-electron chi connectivity index (χ0n) is 18.1. The predicted molar refractivity (Wildman–Crippen MR) is 121 cm³/mol. The molecule has 2 aromatic carbocycles. The monoisotopic (exact) mass is 468 g/mol. The molecule has 3 aromatic rings. The first-order valence-corrected chi connectivity index (χ1v) is 12.1. The summed E-state index contributed by atoms with van der Waals surface area (Å²) in [5.41, 5.74) is 2.08. The smallest absolute Gasteiger partial charge is 0.338 e. The third kappa shape index (κ3) is 5.15.